The Bertz CT molecular complexity index is 424. The molecule has 2 unspecified atom stereocenters. The highest BCUT2D eigenvalue weighted by atomic mass is 32.1. The molecular formula is C21H37NOS. The molecule has 1 amide bonds. The van der Waals surface area contributed by atoms with E-state index in [4.69, 9.17) is 12.2 Å². The van der Waals surface area contributed by atoms with Crippen LogP contribution in [0.3, 0.4) is 0 Å². The van der Waals surface area contributed by atoms with Crippen LogP contribution in [0.15, 0.2) is 0 Å². The monoisotopic (exact) mass is 351 g/mol. The van der Waals surface area contributed by atoms with Gasteiger partial charge in [-0.25, -0.2) is 0 Å². The summed E-state index contributed by atoms with van der Waals surface area (Å²) in [7, 11) is 0. The predicted octanol–water partition coefficient (Wildman–Crippen LogP) is 5.92. The number of piperidine rings is 1. The lowest BCUT2D eigenvalue weighted by Gasteiger charge is -2.44. The number of hydrogen-bond donors (Lipinski definition) is 0. The number of carbonyl (C=O) groups is 1. The van der Waals surface area contributed by atoms with Crippen molar-refractivity contribution >= 4 is 23.0 Å². The van der Waals surface area contributed by atoms with E-state index in [1.165, 1.54) is 43.4 Å². The Balaban J connectivity index is 1.63. The summed E-state index contributed by atoms with van der Waals surface area (Å²) in [4.78, 5) is 16.1. The van der Waals surface area contributed by atoms with Gasteiger partial charge in [0.25, 0.3) is 0 Å². The largest absolute Gasteiger partial charge is 0.339 e. The molecule has 0 N–H and O–H groups in total. The van der Waals surface area contributed by atoms with Crippen LogP contribution in [0.1, 0.15) is 97.8 Å². The SMILES string of the molecule is CC(C)(C)CC(=S)CCCCCC(=O)N1CCCC2CCCCC21. The number of unbranched alkanes of at least 4 members (excludes halogenated alkanes) is 2. The zero-order valence-electron chi connectivity index (χ0n) is 16.1. The lowest BCUT2D eigenvalue weighted by molar-refractivity contribution is -0.137. The van der Waals surface area contributed by atoms with Crippen LogP contribution in [-0.2, 0) is 4.79 Å². The second kappa shape index (κ2) is 9.31. The minimum Gasteiger partial charge on any atom is -0.339 e. The van der Waals surface area contributed by atoms with E-state index in [9.17, 15) is 4.79 Å². The van der Waals surface area contributed by atoms with Crippen molar-refractivity contribution in [2.45, 2.75) is 104 Å². The van der Waals surface area contributed by atoms with E-state index in [-0.39, 0.29) is 0 Å². The first-order chi connectivity index (χ1) is 11.4. The summed E-state index contributed by atoms with van der Waals surface area (Å²) in [5, 5.41) is 0. The molecule has 2 fully saturated rings. The maximum Gasteiger partial charge on any atom is 0.222 e. The van der Waals surface area contributed by atoms with Crippen LogP contribution in [0, 0.1) is 11.3 Å². The molecule has 1 aliphatic heterocycles. The van der Waals surface area contributed by atoms with Crippen molar-refractivity contribution in [3.63, 3.8) is 0 Å². The normalized spacial score (nSPS) is 24.5. The fraction of sp³-hybridized carbons (Fsp3) is 0.905. The Hall–Kier alpha value is -0.440. The van der Waals surface area contributed by atoms with Gasteiger partial charge in [-0.2, -0.15) is 0 Å². The minimum absolute atomic E-state index is 0.303. The maximum absolute atomic E-state index is 12.6. The highest BCUT2D eigenvalue weighted by molar-refractivity contribution is 7.80. The molecule has 2 atom stereocenters. The van der Waals surface area contributed by atoms with Crippen LogP contribution in [0.25, 0.3) is 0 Å². The molecule has 1 aliphatic carbocycles. The van der Waals surface area contributed by atoms with Gasteiger partial charge in [0.15, 0.2) is 0 Å². The van der Waals surface area contributed by atoms with Crippen LogP contribution in [0.5, 0.6) is 0 Å². The minimum atomic E-state index is 0.303. The molecule has 2 aliphatic rings. The Morgan fingerprint density at radius 1 is 1.00 bits per heavy atom. The van der Waals surface area contributed by atoms with Crippen LogP contribution < -0.4 is 0 Å². The van der Waals surface area contributed by atoms with Crippen molar-refractivity contribution in [2.75, 3.05) is 6.54 Å². The van der Waals surface area contributed by atoms with Gasteiger partial charge >= 0.3 is 0 Å². The van der Waals surface area contributed by atoms with E-state index in [0.29, 0.717) is 17.4 Å². The third-order valence-electron chi connectivity index (χ3n) is 5.64. The van der Waals surface area contributed by atoms with Crippen LogP contribution in [0.2, 0.25) is 0 Å². The molecule has 2 nitrogen and oxygen atoms in total. The van der Waals surface area contributed by atoms with Gasteiger partial charge in [0, 0.05) is 19.0 Å². The van der Waals surface area contributed by atoms with E-state index in [1.54, 1.807) is 0 Å². The highest BCUT2D eigenvalue weighted by Gasteiger charge is 2.35. The third kappa shape index (κ3) is 6.46. The van der Waals surface area contributed by atoms with E-state index in [2.05, 4.69) is 25.7 Å². The van der Waals surface area contributed by atoms with E-state index in [1.807, 2.05) is 0 Å². The first-order valence-corrected chi connectivity index (χ1v) is 10.6. The summed E-state index contributed by atoms with van der Waals surface area (Å²) in [5.41, 5.74) is 0.303. The Morgan fingerprint density at radius 3 is 2.42 bits per heavy atom. The van der Waals surface area contributed by atoms with Gasteiger partial charge in [-0.3, -0.25) is 4.79 Å². The Morgan fingerprint density at radius 2 is 1.67 bits per heavy atom. The molecule has 0 aromatic carbocycles. The molecule has 0 aromatic heterocycles. The predicted molar refractivity (Wildman–Crippen MR) is 106 cm³/mol. The number of carbonyl (C=O) groups excluding carboxylic acids is 1. The molecule has 0 radical (unpaired) electrons. The lowest BCUT2D eigenvalue weighted by atomic mass is 9.78. The summed E-state index contributed by atoms with van der Waals surface area (Å²) in [6.45, 7) is 7.75. The van der Waals surface area contributed by atoms with Crippen molar-refractivity contribution in [2.24, 2.45) is 11.3 Å². The number of rotatable bonds is 7. The summed E-state index contributed by atoms with van der Waals surface area (Å²) in [6.07, 6.45) is 14.0. The molecule has 3 heteroatoms. The molecule has 2 rings (SSSR count). The van der Waals surface area contributed by atoms with E-state index < -0.39 is 0 Å². The van der Waals surface area contributed by atoms with Crippen molar-refractivity contribution in [3.8, 4) is 0 Å². The fourth-order valence-corrected chi connectivity index (χ4v) is 5.11. The third-order valence-corrected chi connectivity index (χ3v) is 5.99. The fourth-order valence-electron chi connectivity index (χ4n) is 4.53. The van der Waals surface area contributed by atoms with Gasteiger partial charge in [0.1, 0.15) is 0 Å². The van der Waals surface area contributed by atoms with E-state index in [0.717, 1.165) is 51.0 Å². The van der Waals surface area contributed by atoms with Crippen molar-refractivity contribution in [3.05, 3.63) is 0 Å². The summed E-state index contributed by atoms with van der Waals surface area (Å²) >= 11 is 5.49. The van der Waals surface area contributed by atoms with Gasteiger partial charge in [0.2, 0.25) is 5.91 Å². The van der Waals surface area contributed by atoms with E-state index >= 15 is 0 Å². The number of amides is 1. The van der Waals surface area contributed by atoms with Gasteiger partial charge in [-0.05, 0) is 67.6 Å². The second-order valence-corrected chi connectivity index (χ2v) is 9.76. The standard InChI is InChI=1S/C21H37NOS/c1-21(2,3)16-18(24)12-5-4-6-14-20(23)22-15-9-11-17-10-7-8-13-19(17)22/h17,19H,4-16H2,1-3H3. The average molecular weight is 352 g/mol. The van der Waals surface area contributed by atoms with Crippen molar-refractivity contribution in [1.29, 1.82) is 0 Å². The molecule has 138 valence electrons. The van der Waals surface area contributed by atoms with Gasteiger partial charge in [-0.1, -0.05) is 52.3 Å². The van der Waals surface area contributed by atoms with Crippen molar-refractivity contribution in [1.82, 2.24) is 4.90 Å². The Labute approximate surface area is 154 Å². The summed E-state index contributed by atoms with van der Waals surface area (Å²) in [5.74, 6) is 1.22. The zero-order chi connectivity index (χ0) is 17.6. The second-order valence-electron chi connectivity index (χ2n) is 9.18. The Kier molecular flexibility index (Phi) is 7.71. The number of thiocarbonyl (C=S) groups is 1. The average Bonchev–Trinajstić information content (AvgIpc) is 2.52. The molecule has 1 saturated carbocycles. The van der Waals surface area contributed by atoms with Gasteiger partial charge in [0.05, 0.1) is 0 Å². The van der Waals surface area contributed by atoms with Crippen molar-refractivity contribution < 1.29 is 4.79 Å². The van der Waals surface area contributed by atoms with Gasteiger partial charge < -0.3 is 4.90 Å². The topological polar surface area (TPSA) is 20.3 Å². The quantitative estimate of drug-likeness (QED) is 0.419. The van der Waals surface area contributed by atoms with Crippen LogP contribution in [0.4, 0.5) is 0 Å². The van der Waals surface area contributed by atoms with Gasteiger partial charge in [-0.15, -0.1) is 0 Å². The van der Waals surface area contributed by atoms with Crippen LogP contribution in [-0.4, -0.2) is 28.3 Å². The molecule has 1 saturated heterocycles. The smallest absolute Gasteiger partial charge is 0.222 e. The first-order valence-electron chi connectivity index (χ1n) is 10.2. The number of fused-ring (bicyclic) bond motifs is 1. The number of likely N-dealkylation sites (tertiary alicyclic amines) is 1. The summed E-state index contributed by atoms with van der Waals surface area (Å²) in [6, 6.07) is 0.569. The number of hydrogen-bond acceptors (Lipinski definition) is 2. The summed E-state index contributed by atoms with van der Waals surface area (Å²) < 4.78 is 0. The molecule has 1 heterocycles. The molecule has 0 aromatic rings. The number of nitrogens with zero attached hydrogens (tertiary/aromatic N) is 1. The first kappa shape index (κ1) is 19.9. The highest BCUT2D eigenvalue weighted by Crippen LogP contribution is 2.35. The molecule has 0 spiro atoms. The van der Waals surface area contributed by atoms with Crippen LogP contribution >= 0.6 is 12.2 Å². The maximum atomic E-state index is 12.6. The molecule has 0 bridgehead atoms. The zero-order valence-corrected chi connectivity index (χ0v) is 16.9. The molecular weight excluding hydrogens is 314 g/mol. The lowest BCUT2D eigenvalue weighted by Crippen LogP contribution is -2.49. The molecule has 24 heavy (non-hydrogen) atoms.